The first-order valence-electron chi connectivity index (χ1n) is 8.07. The second-order valence-corrected chi connectivity index (χ2v) is 5.63. The zero-order valence-electron chi connectivity index (χ0n) is 13.6. The smallest absolute Gasteiger partial charge is 0.289 e. The number of amides is 3. The molecule has 3 heterocycles. The summed E-state index contributed by atoms with van der Waals surface area (Å²) in [6, 6.07) is 6.49. The van der Waals surface area contributed by atoms with Crippen LogP contribution in [0.1, 0.15) is 27.5 Å². The molecule has 0 aliphatic carbocycles. The van der Waals surface area contributed by atoms with Crippen molar-refractivity contribution in [2.75, 3.05) is 32.7 Å². The minimum Gasteiger partial charge on any atom is -0.459 e. The van der Waals surface area contributed by atoms with Crippen molar-refractivity contribution < 1.29 is 23.2 Å². The lowest BCUT2D eigenvalue weighted by Crippen LogP contribution is -2.51. The van der Waals surface area contributed by atoms with E-state index in [9.17, 15) is 14.4 Å². The average Bonchev–Trinajstić information content (AvgIpc) is 3.34. The van der Waals surface area contributed by atoms with E-state index in [1.54, 1.807) is 34.1 Å². The minimum absolute atomic E-state index is 0.0511. The number of nitrogens with one attached hydrogen (secondary N) is 1. The van der Waals surface area contributed by atoms with Crippen molar-refractivity contribution in [1.82, 2.24) is 15.1 Å². The Morgan fingerprint density at radius 1 is 0.920 bits per heavy atom. The molecule has 1 fully saturated rings. The molecule has 8 heteroatoms. The Kier molecular flexibility index (Phi) is 5.17. The van der Waals surface area contributed by atoms with E-state index in [1.165, 1.54) is 12.5 Å². The van der Waals surface area contributed by atoms with Crippen molar-refractivity contribution >= 4 is 17.7 Å². The van der Waals surface area contributed by atoms with Crippen molar-refractivity contribution in [3.05, 3.63) is 48.3 Å². The third-order valence-electron chi connectivity index (χ3n) is 4.02. The van der Waals surface area contributed by atoms with Crippen LogP contribution in [-0.4, -0.2) is 60.2 Å². The van der Waals surface area contributed by atoms with Gasteiger partial charge in [0.25, 0.3) is 11.8 Å². The molecule has 1 aliphatic heterocycles. The summed E-state index contributed by atoms with van der Waals surface area (Å²) in [6.45, 7) is 2.10. The quantitative estimate of drug-likeness (QED) is 0.871. The normalized spacial score (nSPS) is 14.4. The van der Waals surface area contributed by atoms with E-state index >= 15 is 0 Å². The maximum absolute atomic E-state index is 12.2. The predicted octanol–water partition coefficient (Wildman–Crippen LogP) is 0.977. The molecule has 0 unspecified atom stereocenters. The highest BCUT2D eigenvalue weighted by Gasteiger charge is 2.25. The highest BCUT2D eigenvalue weighted by molar-refractivity contribution is 5.92. The Labute approximate surface area is 144 Å². The zero-order chi connectivity index (χ0) is 17.6. The van der Waals surface area contributed by atoms with Crippen LogP contribution >= 0.6 is 0 Å². The van der Waals surface area contributed by atoms with E-state index < -0.39 is 0 Å². The van der Waals surface area contributed by atoms with Crippen molar-refractivity contribution in [3.8, 4) is 0 Å². The lowest BCUT2D eigenvalue weighted by Gasteiger charge is -2.34. The van der Waals surface area contributed by atoms with Gasteiger partial charge in [-0.25, -0.2) is 0 Å². The van der Waals surface area contributed by atoms with Crippen LogP contribution in [0.15, 0.2) is 45.6 Å². The van der Waals surface area contributed by atoms with E-state index in [2.05, 4.69) is 5.32 Å². The maximum Gasteiger partial charge on any atom is 0.289 e. The monoisotopic (exact) mass is 345 g/mol. The van der Waals surface area contributed by atoms with Crippen molar-refractivity contribution in [2.24, 2.45) is 0 Å². The van der Waals surface area contributed by atoms with Crippen LogP contribution in [0.25, 0.3) is 0 Å². The van der Waals surface area contributed by atoms with E-state index in [-0.39, 0.29) is 36.4 Å². The zero-order valence-corrected chi connectivity index (χ0v) is 13.6. The summed E-state index contributed by atoms with van der Waals surface area (Å²) in [6.07, 6.45) is 3.09. The number of rotatable bonds is 5. The van der Waals surface area contributed by atoms with Crippen LogP contribution in [0.3, 0.4) is 0 Å². The van der Waals surface area contributed by atoms with Gasteiger partial charge in [0.15, 0.2) is 11.5 Å². The second-order valence-electron chi connectivity index (χ2n) is 5.63. The first-order valence-corrected chi connectivity index (χ1v) is 8.07. The van der Waals surface area contributed by atoms with E-state index in [1.807, 2.05) is 0 Å². The fraction of sp³-hybridized carbons (Fsp3) is 0.353. The largest absolute Gasteiger partial charge is 0.459 e. The minimum atomic E-state index is -0.341. The van der Waals surface area contributed by atoms with Gasteiger partial charge in [-0.2, -0.15) is 0 Å². The molecule has 0 radical (unpaired) electrons. The second kappa shape index (κ2) is 7.69. The molecule has 1 saturated heterocycles. The van der Waals surface area contributed by atoms with Crippen LogP contribution in [0.5, 0.6) is 0 Å². The number of hydrogen-bond donors (Lipinski definition) is 1. The molecular formula is C17H19N3O5. The van der Waals surface area contributed by atoms with Crippen LogP contribution < -0.4 is 5.32 Å². The van der Waals surface area contributed by atoms with Gasteiger partial charge in [-0.05, 0) is 24.3 Å². The third-order valence-corrected chi connectivity index (χ3v) is 4.02. The fourth-order valence-electron chi connectivity index (χ4n) is 2.65. The summed E-state index contributed by atoms with van der Waals surface area (Å²) in [5, 5.41) is 2.64. The summed E-state index contributed by atoms with van der Waals surface area (Å²) in [4.78, 5) is 39.4. The molecule has 3 rings (SSSR count). The van der Waals surface area contributed by atoms with Gasteiger partial charge in [0.05, 0.1) is 12.5 Å². The molecule has 132 valence electrons. The summed E-state index contributed by atoms with van der Waals surface area (Å²) < 4.78 is 10.1. The van der Waals surface area contributed by atoms with E-state index in [0.717, 1.165) is 0 Å². The molecule has 0 aromatic carbocycles. The topological polar surface area (TPSA) is 96.0 Å². The molecule has 0 saturated carbocycles. The van der Waals surface area contributed by atoms with Gasteiger partial charge in [-0.3, -0.25) is 14.4 Å². The predicted molar refractivity (Wildman–Crippen MR) is 86.8 cm³/mol. The molecule has 25 heavy (non-hydrogen) atoms. The molecule has 0 atom stereocenters. The molecule has 1 aliphatic rings. The maximum atomic E-state index is 12.2. The molecule has 0 bridgehead atoms. The van der Waals surface area contributed by atoms with Gasteiger partial charge >= 0.3 is 0 Å². The highest BCUT2D eigenvalue weighted by Crippen LogP contribution is 2.10. The number of nitrogens with zero attached hydrogens (tertiary/aromatic N) is 2. The summed E-state index contributed by atoms with van der Waals surface area (Å²) in [5.74, 6) is -0.0303. The molecule has 0 spiro atoms. The summed E-state index contributed by atoms with van der Waals surface area (Å²) in [5.41, 5.74) is 0. The lowest BCUT2D eigenvalue weighted by molar-refractivity contribution is -0.132. The summed E-state index contributed by atoms with van der Waals surface area (Å²) >= 11 is 0. The third kappa shape index (κ3) is 4.09. The Morgan fingerprint density at radius 3 is 2.12 bits per heavy atom. The summed E-state index contributed by atoms with van der Waals surface area (Å²) in [7, 11) is 0. The number of carbonyl (C=O) groups is 3. The number of furan rings is 2. The molecule has 3 amide bonds. The Hall–Kier alpha value is -3.03. The van der Waals surface area contributed by atoms with Crippen molar-refractivity contribution in [3.63, 3.8) is 0 Å². The Bertz CT molecular complexity index is 716. The standard InChI is InChI=1S/C17H19N3O5/c21-15(5-6-18-16(22)13-3-1-11-24-13)19-7-9-20(10-8-19)17(23)14-4-2-12-25-14/h1-4,11-12H,5-10H2,(H,18,22). The van der Waals surface area contributed by atoms with E-state index in [0.29, 0.717) is 31.9 Å². The average molecular weight is 345 g/mol. The van der Waals surface area contributed by atoms with Crippen LogP contribution in [0, 0.1) is 0 Å². The van der Waals surface area contributed by atoms with Crippen LogP contribution in [0.4, 0.5) is 0 Å². The fourth-order valence-corrected chi connectivity index (χ4v) is 2.65. The molecule has 2 aromatic rings. The molecule has 2 aromatic heterocycles. The SMILES string of the molecule is O=C(NCCC(=O)N1CCN(C(=O)c2ccco2)CC1)c1ccco1. The van der Waals surface area contributed by atoms with Gasteiger partial charge in [0, 0.05) is 39.1 Å². The molecule has 1 N–H and O–H groups in total. The first-order chi connectivity index (χ1) is 12.1. The van der Waals surface area contributed by atoms with E-state index in [4.69, 9.17) is 8.83 Å². The number of carbonyl (C=O) groups excluding carboxylic acids is 3. The van der Waals surface area contributed by atoms with Gasteiger partial charge in [-0.1, -0.05) is 0 Å². The first kappa shape index (κ1) is 16.8. The van der Waals surface area contributed by atoms with Gasteiger partial charge in [-0.15, -0.1) is 0 Å². The van der Waals surface area contributed by atoms with Crippen LogP contribution in [0.2, 0.25) is 0 Å². The molecular weight excluding hydrogens is 326 g/mol. The van der Waals surface area contributed by atoms with Crippen LogP contribution in [-0.2, 0) is 4.79 Å². The molecule has 8 nitrogen and oxygen atoms in total. The Balaban J connectivity index is 1.39. The Morgan fingerprint density at radius 2 is 1.52 bits per heavy atom. The lowest BCUT2D eigenvalue weighted by atomic mass is 10.2. The highest BCUT2D eigenvalue weighted by atomic mass is 16.3. The van der Waals surface area contributed by atoms with Gasteiger partial charge in [0.2, 0.25) is 5.91 Å². The van der Waals surface area contributed by atoms with Crippen molar-refractivity contribution in [1.29, 1.82) is 0 Å². The number of hydrogen-bond acceptors (Lipinski definition) is 5. The van der Waals surface area contributed by atoms with Gasteiger partial charge in [0.1, 0.15) is 0 Å². The van der Waals surface area contributed by atoms with Crippen molar-refractivity contribution in [2.45, 2.75) is 6.42 Å². The number of piperazine rings is 1. The van der Waals surface area contributed by atoms with Gasteiger partial charge < -0.3 is 24.0 Å².